The number of ether oxygens (including phenoxy) is 1. The predicted molar refractivity (Wildman–Crippen MR) is 69.3 cm³/mol. The van der Waals surface area contributed by atoms with Crippen molar-refractivity contribution < 1.29 is 4.74 Å². The summed E-state index contributed by atoms with van der Waals surface area (Å²) in [6, 6.07) is 5.90. The second-order valence-corrected chi connectivity index (χ2v) is 4.59. The fourth-order valence-electron chi connectivity index (χ4n) is 1.50. The maximum Gasteiger partial charge on any atom is 0.120 e. The second-order valence-electron chi connectivity index (χ2n) is 4.18. The molecular weight excluding hydrogens is 222 g/mol. The van der Waals surface area contributed by atoms with Crippen molar-refractivity contribution in [3.63, 3.8) is 0 Å². The van der Waals surface area contributed by atoms with E-state index in [2.05, 4.69) is 13.8 Å². The summed E-state index contributed by atoms with van der Waals surface area (Å²) in [5.74, 6) is 1.28. The number of nitrogens with two attached hydrogens (primary N) is 1. The first-order chi connectivity index (χ1) is 7.65. The largest absolute Gasteiger partial charge is 0.494 e. The molecule has 0 unspecified atom stereocenters. The SMILES string of the molecule is CC(C)c1ccc(OCCCCN)cc1Cl. The second kappa shape index (κ2) is 6.77. The van der Waals surface area contributed by atoms with Gasteiger partial charge in [0, 0.05) is 5.02 Å². The van der Waals surface area contributed by atoms with E-state index in [1.807, 2.05) is 18.2 Å². The highest BCUT2D eigenvalue weighted by Crippen LogP contribution is 2.28. The van der Waals surface area contributed by atoms with Crippen molar-refractivity contribution in [2.75, 3.05) is 13.2 Å². The lowest BCUT2D eigenvalue weighted by Crippen LogP contribution is -2.03. The molecule has 2 N–H and O–H groups in total. The van der Waals surface area contributed by atoms with E-state index >= 15 is 0 Å². The fraction of sp³-hybridized carbons (Fsp3) is 0.538. The van der Waals surface area contributed by atoms with Gasteiger partial charge in [-0.05, 0) is 43.0 Å². The summed E-state index contributed by atoms with van der Waals surface area (Å²) in [5.41, 5.74) is 6.57. The van der Waals surface area contributed by atoms with Crippen LogP contribution in [-0.2, 0) is 0 Å². The minimum atomic E-state index is 0.443. The standard InChI is InChI=1S/C13H20ClNO/c1-10(2)12-6-5-11(9-13(12)14)16-8-4-3-7-15/h5-6,9-10H,3-4,7-8,15H2,1-2H3. The third kappa shape index (κ3) is 4.03. The summed E-state index contributed by atoms with van der Waals surface area (Å²) >= 11 is 6.16. The highest BCUT2D eigenvalue weighted by molar-refractivity contribution is 6.31. The van der Waals surface area contributed by atoms with Gasteiger partial charge in [0.15, 0.2) is 0 Å². The van der Waals surface area contributed by atoms with Gasteiger partial charge in [0.1, 0.15) is 5.75 Å². The molecule has 0 spiro atoms. The minimum Gasteiger partial charge on any atom is -0.494 e. The van der Waals surface area contributed by atoms with Gasteiger partial charge in [0.25, 0.3) is 0 Å². The van der Waals surface area contributed by atoms with Crippen LogP contribution in [-0.4, -0.2) is 13.2 Å². The van der Waals surface area contributed by atoms with Gasteiger partial charge < -0.3 is 10.5 Å². The van der Waals surface area contributed by atoms with Gasteiger partial charge in [0.2, 0.25) is 0 Å². The summed E-state index contributed by atoms with van der Waals surface area (Å²) < 4.78 is 5.58. The van der Waals surface area contributed by atoms with Crippen molar-refractivity contribution in [2.45, 2.75) is 32.6 Å². The van der Waals surface area contributed by atoms with Gasteiger partial charge >= 0.3 is 0 Å². The van der Waals surface area contributed by atoms with Crippen molar-refractivity contribution in [2.24, 2.45) is 5.73 Å². The maximum atomic E-state index is 6.16. The zero-order valence-electron chi connectivity index (χ0n) is 10.0. The topological polar surface area (TPSA) is 35.2 Å². The van der Waals surface area contributed by atoms with E-state index in [4.69, 9.17) is 22.1 Å². The highest BCUT2D eigenvalue weighted by Gasteiger charge is 2.05. The van der Waals surface area contributed by atoms with E-state index in [9.17, 15) is 0 Å². The van der Waals surface area contributed by atoms with E-state index in [0.29, 0.717) is 12.5 Å². The highest BCUT2D eigenvalue weighted by atomic mass is 35.5. The molecule has 0 bridgehead atoms. The normalized spacial score (nSPS) is 10.8. The van der Waals surface area contributed by atoms with Gasteiger partial charge in [-0.15, -0.1) is 0 Å². The Hall–Kier alpha value is -0.730. The van der Waals surface area contributed by atoms with Crippen LogP contribution in [0.4, 0.5) is 0 Å². The Kier molecular flexibility index (Phi) is 5.64. The van der Waals surface area contributed by atoms with Crippen molar-refractivity contribution in [1.29, 1.82) is 0 Å². The molecule has 0 aliphatic carbocycles. The minimum absolute atomic E-state index is 0.443. The summed E-state index contributed by atoms with van der Waals surface area (Å²) in [4.78, 5) is 0. The third-order valence-corrected chi connectivity index (χ3v) is 2.79. The molecule has 0 aromatic heterocycles. The number of halogens is 1. The molecule has 0 aliphatic heterocycles. The molecule has 0 atom stereocenters. The Morgan fingerprint density at radius 2 is 2.06 bits per heavy atom. The molecule has 3 heteroatoms. The first kappa shape index (κ1) is 13.3. The van der Waals surface area contributed by atoms with Crippen LogP contribution in [0.1, 0.15) is 38.2 Å². The van der Waals surface area contributed by atoms with E-state index in [-0.39, 0.29) is 0 Å². The predicted octanol–water partition coefficient (Wildman–Crippen LogP) is 3.58. The Morgan fingerprint density at radius 3 is 2.62 bits per heavy atom. The summed E-state index contributed by atoms with van der Waals surface area (Å²) in [5, 5.41) is 0.784. The average Bonchev–Trinajstić information content (AvgIpc) is 2.24. The zero-order chi connectivity index (χ0) is 12.0. The number of hydrogen-bond donors (Lipinski definition) is 1. The monoisotopic (exact) mass is 241 g/mol. The average molecular weight is 242 g/mol. The van der Waals surface area contributed by atoms with Crippen LogP contribution in [0.15, 0.2) is 18.2 Å². The number of unbranched alkanes of at least 4 members (excludes halogenated alkanes) is 1. The van der Waals surface area contributed by atoms with Crippen LogP contribution in [0.3, 0.4) is 0 Å². The molecular formula is C13H20ClNO. The molecule has 0 fully saturated rings. The van der Waals surface area contributed by atoms with E-state index < -0.39 is 0 Å². The molecule has 0 radical (unpaired) electrons. The molecule has 0 aliphatic rings. The molecule has 2 nitrogen and oxygen atoms in total. The molecule has 0 heterocycles. The van der Waals surface area contributed by atoms with Gasteiger partial charge in [0.05, 0.1) is 6.61 Å². The van der Waals surface area contributed by atoms with Gasteiger partial charge in [-0.2, -0.15) is 0 Å². The van der Waals surface area contributed by atoms with Crippen LogP contribution in [0.2, 0.25) is 5.02 Å². The van der Waals surface area contributed by atoms with Crippen molar-refractivity contribution in [3.8, 4) is 5.75 Å². The lowest BCUT2D eigenvalue weighted by atomic mass is 10.0. The quantitative estimate of drug-likeness (QED) is 0.773. The number of rotatable bonds is 6. The molecule has 0 amide bonds. The Balaban J connectivity index is 2.53. The van der Waals surface area contributed by atoms with Crippen LogP contribution in [0.5, 0.6) is 5.75 Å². The lowest BCUT2D eigenvalue weighted by Gasteiger charge is -2.11. The van der Waals surface area contributed by atoms with E-state index in [0.717, 1.165) is 35.7 Å². The van der Waals surface area contributed by atoms with Gasteiger partial charge in [-0.1, -0.05) is 31.5 Å². The molecule has 90 valence electrons. The van der Waals surface area contributed by atoms with Crippen LogP contribution in [0.25, 0.3) is 0 Å². The first-order valence-corrected chi connectivity index (χ1v) is 6.15. The molecule has 1 aromatic carbocycles. The molecule has 0 saturated heterocycles. The van der Waals surface area contributed by atoms with Crippen molar-refractivity contribution in [1.82, 2.24) is 0 Å². The van der Waals surface area contributed by atoms with Crippen LogP contribution < -0.4 is 10.5 Å². The zero-order valence-corrected chi connectivity index (χ0v) is 10.8. The van der Waals surface area contributed by atoms with Gasteiger partial charge in [-0.25, -0.2) is 0 Å². The fourth-order valence-corrected chi connectivity index (χ4v) is 1.89. The first-order valence-electron chi connectivity index (χ1n) is 5.77. The Bertz CT molecular complexity index is 326. The molecule has 1 rings (SSSR count). The molecule has 0 saturated carbocycles. The number of benzene rings is 1. The Labute approximate surface area is 103 Å². The third-order valence-electron chi connectivity index (χ3n) is 2.46. The van der Waals surface area contributed by atoms with Crippen LogP contribution in [0, 0.1) is 0 Å². The van der Waals surface area contributed by atoms with Crippen LogP contribution >= 0.6 is 11.6 Å². The van der Waals surface area contributed by atoms with Gasteiger partial charge in [-0.3, -0.25) is 0 Å². The summed E-state index contributed by atoms with van der Waals surface area (Å²) in [6.45, 7) is 5.68. The summed E-state index contributed by atoms with van der Waals surface area (Å²) in [7, 11) is 0. The maximum absolute atomic E-state index is 6.16. The van der Waals surface area contributed by atoms with E-state index in [1.54, 1.807) is 0 Å². The lowest BCUT2D eigenvalue weighted by molar-refractivity contribution is 0.308. The summed E-state index contributed by atoms with van der Waals surface area (Å²) in [6.07, 6.45) is 1.98. The molecule has 16 heavy (non-hydrogen) atoms. The smallest absolute Gasteiger partial charge is 0.120 e. The Morgan fingerprint density at radius 1 is 1.31 bits per heavy atom. The van der Waals surface area contributed by atoms with Crippen molar-refractivity contribution >= 4 is 11.6 Å². The van der Waals surface area contributed by atoms with E-state index in [1.165, 1.54) is 0 Å². The number of hydrogen-bond acceptors (Lipinski definition) is 2. The van der Waals surface area contributed by atoms with Crippen molar-refractivity contribution in [3.05, 3.63) is 28.8 Å². The molecule has 1 aromatic rings.